The van der Waals surface area contributed by atoms with Crippen LogP contribution in [-0.4, -0.2) is 24.7 Å². The molecule has 34 heavy (non-hydrogen) atoms. The Labute approximate surface area is 199 Å². The molecule has 4 rings (SSSR count). The molecule has 0 bridgehead atoms. The summed E-state index contributed by atoms with van der Waals surface area (Å²) in [5.74, 6) is -0.00605. The van der Waals surface area contributed by atoms with Gasteiger partial charge in [0.15, 0.2) is 0 Å². The summed E-state index contributed by atoms with van der Waals surface area (Å²) in [5, 5.41) is 27.9. The highest BCUT2D eigenvalue weighted by atomic mass is 35.5. The number of benzene rings is 4. The quantitative estimate of drug-likeness (QED) is 0.179. The Balaban J connectivity index is 1.61. The molecule has 0 spiro atoms. The Hall–Kier alpha value is -4.15. The number of sulfonamides is 1. The Morgan fingerprint density at radius 3 is 2.47 bits per heavy atom. The van der Waals surface area contributed by atoms with E-state index in [0.717, 1.165) is 16.8 Å². The molecular weight excluding hydrogens is 480 g/mol. The number of hydrazone groups is 1. The van der Waals surface area contributed by atoms with Crippen LogP contribution in [0.5, 0.6) is 5.75 Å². The molecule has 0 unspecified atom stereocenters. The van der Waals surface area contributed by atoms with Crippen molar-refractivity contribution in [2.75, 3.05) is 10.1 Å². The van der Waals surface area contributed by atoms with E-state index in [-0.39, 0.29) is 22.0 Å². The van der Waals surface area contributed by atoms with Gasteiger partial charge in [0.05, 0.1) is 16.0 Å². The number of hydrogen-bond donors (Lipinski definition) is 3. The first-order valence-corrected chi connectivity index (χ1v) is 11.7. The molecule has 11 heteroatoms. The summed E-state index contributed by atoms with van der Waals surface area (Å²) < 4.78 is 27.7. The van der Waals surface area contributed by atoms with Crippen LogP contribution in [0.3, 0.4) is 0 Å². The number of nitro groups is 1. The molecule has 0 aromatic heterocycles. The molecule has 3 N–H and O–H groups in total. The topological polar surface area (TPSA) is 134 Å². The molecule has 172 valence electrons. The molecule has 0 aliphatic carbocycles. The van der Waals surface area contributed by atoms with E-state index in [2.05, 4.69) is 15.2 Å². The zero-order valence-electron chi connectivity index (χ0n) is 17.3. The zero-order valence-corrected chi connectivity index (χ0v) is 18.9. The van der Waals surface area contributed by atoms with Crippen LogP contribution in [0.4, 0.5) is 17.1 Å². The molecule has 4 aromatic carbocycles. The molecular formula is C23H17ClN4O5S. The van der Waals surface area contributed by atoms with Crippen LogP contribution in [-0.2, 0) is 10.0 Å². The van der Waals surface area contributed by atoms with Crippen molar-refractivity contribution in [3.05, 3.63) is 99.6 Å². The number of hydrogen-bond acceptors (Lipinski definition) is 7. The highest BCUT2D eigenvalue weighted by Gasteiger charge is 2.21. The van der Waals surface area contributed by atoms with Crippen molar-refractivity contribution < 1.29 is 18.4 Å². The number of fused-ring (bicyclic) bond motifs is 1. The van der Waals surface area contributed by atoms with Gasteiger partial charge in [0.1, 0.15) is 11.4 Å². The first kappa shape index (κ1) is 23.0. The van der Waals surface area contributed by atoms with E-state index < -0.39 is 20.6 Å². The number of rotatable bonds is 7. The largest absolute Gasteiger partial charge is 0.507 e. The monoisotopic (exact) mass is 496 g/mol. The molecule has 9 nitrogen and oxygen atoms in total. The van der Waals surface area contributed by atoms with Crippen LogP contribution in [0, 0.1) is 10.1 Å². The fourth-order valence-corrected chi connectivity index (χ4v) is 4.45. The van der Waals surface area contributed by atoms with Crippen molar-refractivity contribution in [1.82, 2.24) is 0 Å². The summed E-state index contributed by atoms with van der Waals surface area (Å²) in [7, 11) is -4.09. The summed E-state index contributed by atoms with van der Waals surface area (Å²) >= 11 is 5.81. The minimum Gasteiger partial charge on any atom is -0.507 e. The fourth-order valence-electron chi connectivity index (χ4n) is 3.24. The second-order valence-corrected chi connectivity index (χ2v) is 9.26. The van der Waals surface area contributed by atoms with Crippen LogP contribution in [0.25, 0.3) is 10.8 Å². The minimum atomic E-state index is -4.09. The number of nitrogens with one attached hydrogen (secondary N) is 2. The number of anilines is 2. The van der Waals surface area contributed by atoms with Gasteiger partial charge in [-0.25, -0.2) is 8.42 Å². The first-order chi connectivity index (χ1) is 16.2. The van der Waals surface area contributed by atoms with E-state index in [9.17, 15) is 23.6 Å². The number of nitrogens with zero attached hydrogens (tertiary/aromatic N) is 2. The second kappa shape index (κ2) is 9.38. The number of phenols is 1. The Kier molecular flexibility index (Phi) is 6.35. The Morgan fingerprint density at radius 2 is 1.74 bits per heavy atom. The van der Waals surface area contributed by atoms with E-state index in [1.807, 2.05) is 24.3 Å². The van der Waals surface area contributed by atoms with Crippen molar-refractivity contribution in [3.63, 3.8) is 0 Å². The highest BCUT2D eigenvalue weighted by Crippen LogP contribution is 2.29. The number of phenolic OH excluding ortho intramolecular Hbond substituents is 1. The molecule has 0 atom stereocenters. The molecule has 0 aliphatic rings. The summed E-state index contributed by atoms with van der Waals surface area (Å²) in [6.07, 6.45) is 1.34. The maximum absolute atomic E-state index is 12.7. The van der Waals surface area contributed by atoms with Crippen molar-refractivity contribution in [2.24, 2.45) is 5.10 Å². The molecule has 0 amide bonds. The molecule has 0 radical (unpaired) electrons. The lowest BCUT2D eigenvalue weighted by atomic mass is 10.0. The van der Waals surface area contributed by atoms with Gasteiger partial charge in [-0.05, 0) is 53.2 Å². The van der Waals surface area contributed by atoms with E-state index in [4.69, 9.17) is 11.6 Å². The Bertz CT molecular complexity index is 1520. The third-order valence-corrected chi connectivity index (χ3v) is 6.53. The van der Waals surface area contributed by atoms with E-state index in [1.165, 1.54) is 48.7 Å². The van der Waals surface area contributed by atoms with Crippen molar-refractivity contribution in [3.8, 4) is 5.75 Å². The van der Waals surface area contributed by atoms with Gasteiger partial charge in [0, 0.05) is 22.3 Å². The van der Waals surface area contributed by atoms with Crippen LogP contribution < -0.4 is 10.1 Å². The van der Waals surface area contributed by atoms with Crippen molar-refractivity contribution in [1.29, 1.82) is 0 Å². The number of aromatic hydroxyl groups is 1. The summed E-state index contributed by atoms with van der Waals surface area (Å²) in [5.41, 5.74) is 2.74. The first-order valence-electron chi connectivity index (χ1n) is 9.81. The van der Waals surface area contributed by atoms with Gasteiger partial charge < -0.3 is 5.11 Å². The third kappa shape index (κ3) is 4.92. The molecule has 0 heterocycles. The van der Waals surface area contributed by atoms with Crippen LogP contribution in [0.1, 0.15) is 5.56 Å². The lowest BCUT2D eigenvalue weighted by molar-refractivity contribution is -0.384. The molecule has 4 aromatic rings. The maximum atomic E-state index is 12.7. The normalized spacial score (nSPS) is 11.6. The molecule has 0 saturated carbocycles. The fraction of sp³-hybridized carbons (Fsp3) is 0. The highest BCUT2D eigenvalue weighted by molar-refractivity contribution is 7.92. The second-order valence-electron chi connectivity index (χ2n) is 7.14. The lowest BCUT2D eigenvalue weighted by Crippen LogP contribution is -2.13. The molecule has 0 fully saturated rings. The summed E-state index contributed by atoms with van der Waals surface area (Å²) in [6.45, 7) is 0. The summed E-state index contributed by atoms with van der Waals surface area (Å²) in [4.78, 5) is 10.6. The van der Waals surface area contributed by atoms with Gasteiger partial charge in [0.25, 0.3) is 15.7 Å². The van der Waals surface area contributed by atoms with Gasteiger partial charge in [0.2, 0.25) is 0 Å². The van der Waals surface area contributed by atoms with Crippen LogP contribution in [0.2, 0.25) is 5.02 Å². The average molecular weight is 497 g/mol. The number of halogens is 1. The zero-order chi connectivity index (χ0) is 24.3. The predicted octanol–water partition coefficient (Wildman–Crippen LogP) is 5.35. The summed E-state index contributed by atoms with van der Waals surface area (Å²) in [6, 6.07) is 20.0. The maximum Gasteiger partial charge on any atom is 0.295 e. The SMILES string of the molecule is O=[N+]([O-])c1cc(S(=O)(=O)Nc2ccc(Cl)cc2)ccc1NN=Cc1c(O)ccc2ccccc12. The van der Waals surface area contributed by atoms with Crippen LogP contribution in [0.15, 0.2) is 88.9 Å². The Morgan fingerprint density at radius 1 is 1.00 bits per heavy atom. The van der Waals surface area contributed by atoms with E-state index in [1.54, 1.807) is 6.07 Å². The van der Waals surface area contributed by atoms with Crippen LogP contribution >= 0.6 is 11.6 Å². The third-order valence-electron chi connectivity index (χ3n) is 4.90. The molecule has 0 saturated heterocycles. The molecule has 0 aliphatic heterocycles. The average Bonchev–Trinajstić information content (AvgIpc) is 2.81. The standard InChI is InChI=1S/C23H17ClN4O5S/c24-16-6-8-17(9-7-16)27-34(32,33)18-10-11-21(22(13-18)28(30)31)26-25-14-20-19-4-2-1-3-15(19)5-12-23(20)29/h1-14,26-27,29H. The minimum absolute atomic E-state index is 0.00605. The van der Waals surface area contributed by atoms with Crippen molar-refractivity contribution >= 4 is 55.7 Å². The van der Waals surface area contributed by atoms with Gasteiger partial charge in [-0.1, -0.05) is 41.9 Å². The smallest absolute Gasteiger partial charge is 0.295 e. The van der Waals surface area contributed by atoms with E-state index in [0.29, 0.717) is 10.6 Å². The predicted molar refractivity (Wildman–Crippen MR) is 132 cm³/mol. The number of nitro benzene ring substituents is 1. The lowest BCUT2D eigenvalue weighted by Gasteiger charge is -2.10. The van der Waals surface area contributed by atoms with Gasteiger partial charge >= 0.3 is 0 Å². The van der Waals surface area contributed by atoms with E-state index >= 15 is 0 Å². The van der Waals surface area contributed by atoms with Crippen molar-refractivity contribution in [2.45, 2.75) is 4.90 Å². The van der Waals surface area contributed by atoms with Gasteiger partial charge in [-0.2, -0.15) is 5.10 Å². The van der Waals surface area contributed by atoms with Gasteiger partial charge in [-0.15, -0.1) is 0 Å². The van der Waals surface area contributed by atoms with Gasteiger partial charge in [-0.3, -0.25) is 20.3 Å².